The van der Waals surface area contributed by atoms with Crippen LogP contribution in [0.3, 0.4) is 0 Å². The van der Waals surface area contributed by atoms with E-state index in [1.807, 2.05) is 24.3 Å². The second-order valence-electron chi connectivity index (χ2n) is 5.64. The fraction of sp³-hybridized carbons (Fsp3) is 0.111. The second-order valence-corrected chi connectivity index (χ2v) is 5.64. The smallest absolute Gasteiger partial charge is 0.307 e. The van der Waals surface area contributed by atoms with Crippen LogP contribution in [-0.2, 0) is 11.2 Å². The molecule has 0 radical (unpaired) electrons. The van der Waals surface area contributed by atoms with E-state index in [0.29, 0.717) is 28.0 Å². The van der Waals surface area contributed by atoms with Gasteiger partial charge in [0.05, 0.1) is 19.2 Å². The van der Waals surface area contributed by atoms with Gasteiger partial charge < -0.3 is 14.3 Å². The van der Waals surface area contributed by atoms with Crippen molar-refractivity contribution in [1.82, 2.24) is 20.2 Å². The molecule has 0 aliphatic rings. The lowest BCUT2D eigenvalue weighted by molar-refractivity contribution is -0.136. The van der Waals surface area contributed by atoms with Crippen molar-refractivity contribution in [2.75, 3.05) is 7.11 Å². The third-order valence-electron chi connectivity index (χ3n) is 4.07. The van der Waals surface area contributed by atoms with Gasteiger partial charge in [-0.2, -0.15) is 0 Å². The molecule has 0 unspecified atom stereocenters. The monoisotopic (exact) mass is 350 g/mol. The van der Waals surface area contributed by atoms with Gasteiger partial charge in [0, 0.05) is 16.5 Å². The summed E-state index contributed by atoms with van der Waals surface area (Å²) < 4.78 is 12.6. The van der Waals surface area contributed by atoms with Crippen LogP contribution in [0.2, 0.25) is 0 Å². The molecule has 0 saturated carbocycles. The zero-order valence-electron chi connectivity index (χ0n) is 13.8. The number of methoxy groups -OCH3 is 1. The van der Waals surface area contributed by atoms with Crippen LogP contribution in [0.5, 0.6) is 5.75 Å². The van der Waals surface area contributed by atoms with Gasteiger partial charge in [-0.1, -0.05) is 0 Å². The molecule has 130 valence electrons. The number of hydrogen-bond acceptors (Lipinski definition) is 6. The second kappa shape index (κ2) is 6.32. The van der Waals surface area contributed by atoms with Gasteiger partial charge >= 0.3 is 5.97 Å². The van der Waals surface area contributed by atoms with E-state index in [1.165, 1.54) is 11.0 Å². The molecule has 0 fully saturated rings. The average molecular weight is 350 g/mol. The molecule has 0 aliphatic carbocycles. The van der Waals surface area contributed by atoms with E-state index >= 15 is 0 Å². The van der Waals surface area contributed by atoms with E-state index < -0.39 is 5.97 Å². The third-order valence-corrected chi connectivity index (χ3v) is 4.07. The van der Waals surface area contributed by atoms with Gasteiger partial charge in [0.25, 0.3) is 0 Å². The summed E-state index contributed by atoms with van der Waals surface area (Å²) in [5, 5.41) is 21.2. The number of fused-ring (bicyclic) bond motifs is 1. The van der Waals surface area contributed by atoms with Gasteiger partial charge in [0.15, 0.2) is 0 Å². The lowest BCUT2D eigenvalue weighted by Crippen LogP contribution is -2.01. The summed E-state index contributed by atoms with van der Waals surface area (Å²) in [6.45, 7) is 0. The average Bonchev–Trinajstić information content (AvgIpc) is 3.30. The highest BCUT2D eigenvalue weighted by molar-refractivity contribution is 5.92. The van der Waals surface area contributed by atoms with Gasteiger partial charge in [-0.3, -0.25) is 4.79 Å². The summed E-state index contributed by atoms with van der Waals surface area (Å²) in [7, 11) is 1.59. The molecule has 4 rings (SSSR count). The molecule has 1 N–H and O–H groups in total. The number of rotatable bonds is 5. The summed E-state index contributed by atoms with van der Waals surface area (Å²) >= 11 is 0. The van der Waals surface area contributed by atoms with E-state index in [0.717, 1.165) is 11.3 Å². The van der Waals surface area contributed by atoms with Crippen molar-refractivity contribution in [2.24, 2.45) is 0 Å². The maximum Gasteiger partial charge on any atom is 0.307 e. The zero-order chi connectivity index (χ0) is 18.1. The Hall–Kier alpha value is -3.68. The molecule has 0 amide bonds. The highest BCUT2D eigenvalue weighted by Crippen LogP contribution is 2.35. The Bertz CT molecular complexity index is 1070. The molecule has 0 atom stereocenters. The predicted octanol–water partition coefficient (Wildman–Crippen LogP) is 2.71. The van der Waals surface area contributed by atoms with E-state index in [1.54, 1.807) is 25.3 Å². The van der Waals surface area contributed by atoms with Crippen LogP contribution < -0.4 is 4.74 Å². The largest absolute Gasteiger partial charge is 0.497 e. The van der Waals surface area contributed by atoms with Crippen LogP contribution in [0.15, 0.2) is 53.2 Å². The molecule has 2 aromatic carbocycles. The lowest BCUT2D eigenvalue weighted by atomic mass is 10.0. The quantitative estimate of drug-likeness (QED) is 0.590. The number of furan rings is 1. The standard InChI is InChI=1S/C18H14N4O4/c1-25-13-5-2-11(3-6-13)18-15(9-17(23)24)14-8-12(4-7-16(14)26-18)22-10-19-20-21-22/h2-8,10H,9H2,1H3,(H,23,24). The first-order valence-corrected chi connectivity index (χ1v) is 7.80. The number of aliphatic carboxylic acids is 1. The number of carboxylic acids is 1. The molecule has 2 aromatic heterocycles. The number of benzene rings is 2. The molecular weight excluding hydrogens is 336 g/mol. The molecule has 2 heterocycles. The molecular formula is C18H14N4O4. The van der Waals surface area contributed by atoms with Crippen LogP contribution in [0.1, 0.15) is 5.56 Å². The van der Waals surface area contributed by atoms with Crippen LogP contribution in [0.4, 0.5) is 0 Å². The van der Waals surface area contributed by atoms with Crippen molar-refractivity contribution in [1.29, 1.82) is 0 Å². The fourth-order valence-corrected chi connectivity index (χ4v) is 2.86. The van der Waals surface area contributed by atoms with Gasteiger partial charge in [-0.15, -0.1) is 5.10 Å². The maximum atomic E-state index is 11.4. The first kappa shape index (κ1) is 15.8. The molecule has 0 spiro atoms. The Morgan fingerprint density at radius 3 is 2.69 bits per heavy atom. The molecule has 0 aliphatic heterocycles. The number of tetrazole rings is 1. The molecule has 0 saturated heterocycles. The van der Waals surface area contributed by atoms with E-state index in [4.69, 9.17) is 9.15 Å². The Balaban J connectivity index is 1.89. The number of carbonyl (C=O) groups is 1. The number of nitrogens with zero attached hydrogens (tertiary/aromatic N) is 4. The number of aromatic nitrogens is 4. The summed E-state index contributed by atoms with van der Waals surface area (Å²) in [5.41, 5.74) is 2.70. The topological polar surface area (TPSA) is 103 Å². The first-order chi connectivity index (χ1) is 12.7. The van der Waals surface area contributed by atoms with Crippen molar-refractivity contribution in [2.45, 2.75) is 6.42 Å². The van der Waals surface area contributed by atoms with Crippen LogP contribution in [-0.4, -0.2) is 38.4 Å². The predicted molar refractivity (Wildman–Crippen MR) is 92.3 cm³/mol. The summed E-state index contributed by atoms with van der Waals surface area (Å²) in [6.07, 6.45) is 1.32. The van der Waals surface area contributed by atoms with E-state index in [9.17, 15) is 9.90 Å². The van der Waals surface area contributed by atoms with Crippen molar-refractivity contribution >= 4 is 16.9 Å². The normalized spacial score (nSPS) is 11.0. The van der Waals surface area contributed by atoms with Gasteiger partial charge in [0.1, 0.15) is 23.4 Å². The zero-order valence-corrected chi connectivity index (χ0v) is 13.8. The van der Waals surface area contributed by atoms with Crippen molar-refractivity contribution in [3.63, 3.8) is 0 Å². The highest BCUT2D eigenvalue weighted by Gasteiger charge is 2.19. The Kier molecular flexibility index (Phi) is 3.85. The van der Waals surface area contributed by atoms with Gasteiger partial charge in [-0.25, -0.2) is 4.68 Å². The number of hydrogen-bond donors (Lipinski definition) is 1. The maximum absolute atomic E-state index is 11.4. The minimum Gasteiger partial charge on any atom is -0.497 e. The van der Waals surface area contributed by atoms with Crippen LogP contribution in [0, 0.1) is 0 Å². The van der Waals surface area contributed by atoms with Crippen LogP contribution in [0.25, 0.3) is 28.0 Å². The van der Waals surface area contributed by atoms with E-state index in [2.05, 4.69) is 15.5 Å². The molecule has 8 heteroatoms. The Morgan fingerprint density at radius 2 is 2.04 bits per heavy atom. The SMILES string of the molecule is COc1ccc(-c2oc3ccc(-n4cnnn4)cc3c2CC(=O)O)cc1. The Labute approximate surface area is 147 Å². The summed E-state index contributed by atoms with van der Waals surface area (Å²) in [6, 6.07) is 12.7. The van der Waals surface area contributed by atoms with Gasteiger partial charge in [-0.05, 0) is 52.9 Å². The molecule has 8 nitrogen and oxygen atoms in total. The van der Waals surface area contributed by atoms with Crippen molar-refractivity contribution in [3.8, 4) is 22.8 Å². The first-order valence-electron chi connectivity index (χ1n) is 7.80. The number of ether oxygens (including phenoxy) is 1. The summed E-state index contributed by atoms with van der Waals surface area (Å²) in [4.78, 5) is 11.4. The minimum absolute atomic E-state index is 0.159. The van der Waals surface area contributed by atoms with Crippen molar-refractivity contribution in [3.05, 3.63) is 54.4 Å². The molecule has 26 heavy (non-hydrogen) atoms. The van der Waals surface area contributed by atoms with Crippen LogP contribution >= 0.6 is 0 Å². The molecule has 0 bridgehead atoms. The third kappa shape index (κ3) is 2.77. The fourth-order valence-electron chi connectivity index (χ4n) is 2.86. The number of carboxylic acid groups (broad SMARTS) is 1. The lowest BCUT2D eigenvalue weighted by Gasteiger charge is -2.03. The highest BCUT2D eigenvalue weighted by atomic mass is 16.5. The summed E-state index contributed by atoms with van der Waals surface area (Å²) in [5.74, 6) is 0.305. The van der Waals surface area contributed by atoms with E-state index in [-0.39, 0.29) is 6.42 Å². The van der Waals surface area contributed by atoms with Crippen molar-refractivity contribution < 1.29 is 19.1 Å². The van der Waals surface area contributed by atoms with Gasteiger partial charge in [0.2, 0.25) is 0 Å². The minimum atomic E-state index is -0.935. The Morgan fingerprint density at radius 1 is 1.23 bits per heavy atom. The molecule has 4 aromatic rings.